The quantitative estimate of drug-likeness (QED) is 0.160. The van der Waals surface area contributed by atoms with Gasteiger partial charge in [-0.25, -0.2) is 0 Å². The number of para-hydroxylation sites is 2. The van der Waals surface area contributed by atoms with Crippen LogP contribution >= 0.6 is 23.5 Å². The molecule has 6 heteroatoms. The van der Waals surface area contributed by atoms with E-state index in [2.05, 4.69) is 229 Å². The molecule has 0 amide bonds. The van der Waals surface area contributed by atoms with Crippen molar-refractivity contribution in [2.24, 2.45) is 0 Å². The van der Waals surface area contributed by atoms with Crippen LogP contribution in [-0.2, 0) is 0 Å². The third-order valence-electron chi connectivity index (χ3n) is 13.8. The van der Waals surface area contributed by atoms with E-state index in [1.165, 1.54) is 91.4 Å². The van der Waals surface area contributed by atoms with Crippen molar-refractivity contribution >= 4 is 86.8 Å². The summed E-state index contributed by atoms with van der Waals surface area (Å²) < 4.78 is 7.39. The van der Waals surface area contributed by atoms with Gasteiger partial charge in [0.25, 0.3) is 6.71 Å². The van der Waals surface area contributed by atoms with Gasteiger partial charge in [0.2, 0.25) is 6.71 Å². The molecule has 0 bridgehead atoms. The Hall–Kier alpha value is -7.37. The van der Waals surface area contributed by atoms with Gasteiger partial charge in [0, 0.05) is 42.1 Å². The van der Waals surface area contributed by atoms with E-state index < -0.39 is 0 Å². The van der Waals surface area contributed by atoms with Crippen LogP contribution in [-0.4, -0.2) is 13.4 Å². The highest BCUT2D eigenvalue weighted by atomic mass is 32.2. The molecule has 0 fully saturated rings. The van der Waals surface area contributed by atoms with Crippen LogP contribution in [0.15, 0.2) is 244 Å². The Labute approximate surface area is 394 Å². The summed E-state index contributed by atoms with van der Waals surface area (Å²) in [6.07, 6.45) is 0. The number of benzene rings is 10. The molecule has 4 aliphatic heterocycles. The Morgan fingerprint density at radius 1 is 0.318 bits per heavy atom. The van der Waals surface area contributed by atoms with Crippen LogP contribution in [0.4, 0.5) is 17.1 Å². The first-order valence-corrected chi connectivity index (χ1v) is 24.3. The molecular formula is C60H37B2NOS2. The van der Waals surface area contributed by atoms with E-state index in [9.17, 15) is 0 Å². The van der Waals surface area contributed by atoms with E-state index in [-0.39, 0.29) is 13.4 Å². The number of rotatable bonds is 5. The van der Waals surface area contributed by atoms with Gasteiger partial charge < -0.3 is 9.64 Å². The first-order valence-electron chi connectivity index (χ1n) is 22.6. The molecule has 0 N–H and O–H groups in total. The molecule has 0 unspecified atom stereocenters. The lowest BCUT2D eigenvalue weighted by Crippen LogP contribution is -2.62. The highest BCUT2D eigenvalue weighted by Gasteiger charge is 2.46. The molecule has 0 saturated heterocycles. The van der Waals surface area contributed by atoms with Crippen molar-refractivity contribution in [3.8, 4) is 56.0 Å². The first kappa shape index (κ1) is 38.0. The first-order chi connectivity index (χ1) is 32.7. The normalized spacial score (nSPS) is 13.4. The topological polar surface area (TPSA) is 12.5 Å². The molecule has 2 nitrogen and oxygen atoms in total. The zero-order valence-corrected chi connectivity index (χ0v) is 37.3. The standard InChI is InChI=1S/C60H37B2NOS2/c1-5-18-38(19-6-1)42-32-51-58-53(33-42)64-52-37-55-49(62-47-29-14-16-31-54(47)65-56-34-43(35-57(66-55)59(56)62)39-20-7-2-8-21-39)36-48(52)61(58)46-28-13-15-30-50(46)63(51)60-44(40-22-9-3-10-23-40)26-17-27-45(60)41-24-11-4-12-25-41/h1-37H. The molecule has 0 spiro atoms. The van der Waals surface area contributed by atoms with Crippen molar-refractivity contribution in [3.63, 3.8) is 0 Å². The number of ether oxygens (including phenoxy) is 1. The van der Waals surface area contributed by atoms with Crippen molar-refractivity contribution in [3.05, 3.63) is 224 Å². The summed E-state index contributed by atoms with van der Waals surface area (Å²) in [5.41, 5.74) is 20.7. The molecule has 10 aromatic rings. The maximum Gasteiger partial charge on any atom is 0.256 e. The van der Waals surface area contributed by atoms with E-state index in [0.29, 0.717) is 0 Å². The van der Waals surface area contributed by atoms with Crippen LogP contribution in [0.2, 0.25) is 0 Å². The molecule has 0 saturated carbocycles. The minimum absolute atomic E-state index is 0.0649. The van der Waals surface area contributed by atoms with Crippen molar-refractivity contribution in [2.45, 2.75) is 19.6 Å². The van der Waals surface area contributed by atoms with E-state index in [1.807, 2.05) is 23.5 Å². The Kier molecular flexibility index (Phi) is 8.68. The van der Waals surface area contributed by atoms with Gasteiger partial charge in [-0.05, 0) is 97.7 Å². The van der Waals surface area contributed by atoms with Gasteiger partial charge in [0.05, 0.1) is 5.69 Å². The third-order valence-corrected chi connectivity index (χ3v) is 16.1. The Morgan fingerprint density at radius 3 is 1.50 bits per heavy atom. The largest absolute Gasteiger partial charge is 0.458 e. The van der Waals surface area contributed by atoms with Gasteiger partial charge in [0.1, 0.15) is 11.5 Å². The summed E-state index contributed by atoms with van der Waals surface area (Å²) in [7, 11) is 0. The minimum Gasteiger partial charge on any atom is -0.458 e. The number of fused-ring (bicyclic) bond motifs is 8. The smallest absolute Gasteiger partial charge is 0.256 e. The Balaban J connectivity index is 1.02. The van der Waals surface area contributed by atoms with E-state index in [1.54, 1.807) is 0 Å². The van der Waals surface area contributed by atoms with Crippen LogP contribution in [0, 0.1) is 0 Å². The molecule has 0 aliphatic carbocycles. The predicted molar refractivity (Wildman–Crippen MR) is 280 cm³/mol. The molecule has 10 aromatic carbocycles. The summed E-state index contributed by atoms with van der Waals surface area (Å²) >= 11 is 3.81. The van der Waals surface area contributed by atoms with Crippen molar-refractivity contribution in [2.75, 3.05) is 4.90 Å². The fraction of sp³-hybridized carbons (Fsp3) is 0. The second-order valence-electron chi connectivity index (χ2n) is 17.5. The predicted octanol–water partition coefficient (Wildman–Crippen LogP) is 12.2. The molecule has 4 aliphatic rings. The maximum atomic E-state index is 7.39. The van der Waals surface area contributed by atoms with Gasteiger partial charge in [-0.3, -0.25) is 0 Å². The van der Waals surface area contributed by atoms with Gasteiger partial charge in [-0.2, -0.15) is 0 Å². The summed E-state index contributed by atoms with van der Waals surface area (Å²) in [4.78, 5) is 7.78. The van der Waals surface area contributed by atoms with E-state index >= 15 is 0 Å². The zero-order chi connectivity index (χ0) is 43.3. The Bertz CT molecular complexity index is 3530. The van der Waals surface area contributed by atoms with Crippen LogP contribution in [0.5, 0.6) is 11.5 Å². The summed E-state index contributed by atoms with van der Waals surface area (Å²) in [6, 6.07) is 82.6. The fourth-order valence-electron chi connectivity index (χ4n) is 11.0. The summed E-state index contributed by atoms with van der Waals surface area (Å²) in [6.45, 7) is 0.0339. The molecule has 66 heavy (non-hydrogen) atoms. The Morgan fingerprint density at radius 2 is 0.848 bits per heavy atom. The molecule has 0 radical (unpaired) electrons. The second kappa shape index (κ2) is 15.1. The van der Waals surface area contributed by atoms with Crippen molar-refractivity contribution in [1.29, 1.82) is 0 Å². The molecular weight excluding hydrogens is 836 g/mol. The van der Waals surface area contributed by atoms with Crippen LogP contribution in [0.3, 0.4) is 0 Å². The highest BCUT2D eigenvalue weighted by Crippen LogP contribution is 2.50. The minimum atomic E-state index is -0.0649. The summed E-state index contributed by atoms with van der Waals surface area (Å²) in [5.74, 6) is 1.82. The summed E-state index contributed by atoms with van der Waals surface area (Å²) in [5, 5.41) is 0. The molecule has 306 valence electrons. The number of hydrogen-bond donors (Lipinski definition) is 0. The SMILES string of the molecule is c1ccc(-c2cc3c4c(c2)Sc2cc5c(cc2B4c2ccccc2S3)B2c3ccccc3N(c3c(-c4ccccc4)cccc3-c3ccccc3)c3cc(-c4ccccc4)cc(c32)O5)cc1. The lowest BCUT2D eigenvalue weighted by Gasteiger charge is -2.42. The van der Waals surface area contributed by atoms with Crippen LogP contribution in [0.25, 0.3) is 44.5 Å². The molecule has 14 rings (SSSR count). The average Bonchev–Trinajstić information content (AvgIpc) is 3.38. The van der Waals surface area contributed by atoms with E-state index in [0.717, 1.165) is 34.0 Å². The molecule has 4 heterocycles. The van der Waals surface area contributed by atoms with Gasteiger partial charge >= 0.3 is 0 Å². The highest BCUT2D eigenvalue weighted by molar-refractivity contribution is 8.01. The monoisotopic (exact) mass is 873 g/mol. The van der Waals surface area contributed by atoms with Crippen LogP contribution < -0.4 is 42.4 Å². The second-order valence-corrected chi connectivity index (χ2v) is 19.7. The third kappa shape index (κ3) is 5.88. The van der Waals surface area contributed by atoms with E-state index in [4.69, 9.17) is 4.74 Å². The van der Waals surface area contributed by atoms with Gasteiger partial charge in [-0.15, -0.1) is 0 Å². The van der Waals surface area contributed by atoms with Crippen LogP contribution in [0.1, 0.15) is 0 Å². The lowest BCUT2D eigenvalue weighted by atomic mass is 9.32. The van der Waals surface area contributed by atoms with Gasteiger partial charge in [-0.1, -0.05) is 216 Å². The molecule has 0 atom stereocenters. The lowest BCUT2D eigenvalue weighted by molar-refractivity contribution is 0.486. The average molecular weight is 874 g/mol. The van der Waals surface area contributed by atoms with Gasteiger partial charge in [0.15, 0.2) is 0 Å². The zero-order valence-electron chi connectivity index (χ0n) is 35.7. The number of anilines is 3. The number of nitrogens with zero attached hydrogens (tertiary/aromatic N) is 1. The fourth-order valence-corrected chi connectivity index (χ4v) is 13.5. The maximum absolute atomic E-state index is 7.39. The van der Waals surface area contributed by atoms with Crippen molar-refractivity contribution < 1.29 is 4.74 Å². The number of hydrogen-bond acceptors (Lipinski definition) is 4. The van der Waals surface area contributed by atoms with Crippen molar-refractivity contribution in [1.82, 2.24) is 0 Å². The molecule has 0 aromatic heterocycles.